The number of anilines is 1. The lowest BCUT2D eigenvalue weighted by Gasteiger charge is -2.31. The monoisotopic (exact) mass is 344 g/mol. The molecule has 130 valence electrons. The van der Waals surface area contributed by atoms with Crippen molar-refractivity contribution in [2.24, 2.45) is 0 Å². The summed E-state index contributed by atoms with van der Waals surface area (Å²) in [6.07, 6.45) is 2.09. The van der Waals surface area contributed by atoms with Crippen molar-refractivity contribution in [3.8, 4) is 6.07 Å². The molecule has 3 aromatic rings. The highest BCUT2D eigenvalue weighted by atomic mass is 16.3. The van der Waals surface area contributed by atoms with Gasteiger partial charge in [0.2, 0.25) is 0 Å². The van der Waals surface area contributed by atoms with Crippen LogP contribution in [-0.4, -0.2) is 28.2 Å². The van der Waals surface area contributed by atoms with Crippen LogP contribution in [0.15, 0.2) is 48.2 Å². The minimum atomic E-state index is 0.0416. The topological polar surface area (TPSA) is 75.9 Å². The molecular formula is C21H20N4O. The number of imidazole rings is 1. The summed E-state index contributed by atoms with van der Waals surface area (Å²) in [4.78, 5) is 9.69. The number of aromatic amines is 1. The van der Waals surface area contributed by atoms with Crippen molar-refractivity contribution in [3.63, 3.8) is 0 Å². The number of benzene rings is 2. The van der Waals surface area contributed by atoms with E-state index in [9.17, 15) is 10.4 Å². The average Bonchev–Trinajstić information content (AvgIpc) is 3.05. The summed E-state index contributed by atoms with van der Waals surface area (Å²) in [5, 5.41) is 20.3. The molecule has 5 heteroatoms. The summed E-state index contributed by atoms with van der Waals surface area (Å²) in [6.45, 7) is 3.25. The van der Waals surface area contributed by atoms with E-state index in [0.29, 0.717) is 12.4 Å². The molecule has 0 unspecified atom stereocenters. The lowest BCUT2D eigenvalue weighted by molar-refractivity contribution is 0.400. The van der Waals surface area contributed by atoms with E-state index in [1.807, 2.05) is 24.3 Å². The van der Waals surface area contributed by atoms with Gasteiger partial charge in [-0.05, 0) is 43.5 Å². The van der Waals surface area contributed by atoms with Crippen LogP contribution < -0.4 is 4.90 Å². The predicted octanol–water partition coefficient (Wildman–Crippen LogP) is 4.12. The number of nitrogens with one attached hydrogen (secondary N) is 1. The molecule has 0 aliphatic carbocycles. The SMILES string of the molecule is Cc1ccc2c(c1)CCCN2C/C(O)=C(\C#N)c1nc2ccccc2[nH]1. The molecule has 4 rings (SSSR count). The van der Waals surface area contributed by atoms with Crippen LogP contribution in [0, 0.1) is 18.3 Å². The first-order chi connectivity index (χ1) is 12.7. The van der Waals surface area contributed by atoms with Crippen molar-refractivity contribution >= 4 is 22.3 Å². The highest BCUT2D eigenvalue weighted by Crippen LogP contribution is 2.29. The van der Waals surface area contributed by atoms with Gasteiger partial charge in [0.1, 0.15) is 17.4 Å². The fourth-order valence-corrected chi connectivity index (χ4v) is 3.55. The van der Waals surface area contributed by atoms with Gasteiger partial charge in [-0.2, -0.15) is 5.26 Å². The molecule has 26 heavy (non-hydrogen) atoms. The van der Waals surface area contributed by atoms with Gasteiger partial charge < -0.3 is 15.0 Å². The molecule has 0 saturated carbocycles. The van der Waals surface area contributed by atoms with Gasteiger partial charge in [0.15, 0.2) is 5.82 Å². The molecule has 0 bridgehead atoms. The third kappa shape index (κ3) is 2.91. The number of aryl methyl sites for hydroxylation is 2. The summed E-state index contributed by atoms with van der Waals surface area (Å²) in [5.74, 6) is 0.451. The minimum absolute atomic E-state index is 0.0416. The van der Waals surface area contributed by atoms with Crippen LogP contribution in [0.5, 0.6) is 0 Å². The molecule has 0 saturated heterocycles. The number of hydrogen-bond donors (Lipinski definition) is 2. The molecule has 5 nitrogen and oxygen atoms in total. The van der Waals surface area contributed by atoms with Gasteiger partial charge in [-0.25, -0.2) is 4.98 Å². The number of aromatic nitrogens is 2. The van der Waals surface area contributed by atoms with Gasteiger partial charge in [0.25, 0.3) is 0 Å². The first-order valence-corrected chi connectivity index (χ1v) is 8.77. The fraction of sp³-hybridized carbons (Fsp3) is 0.238. The number of aliphatic hydroxyl groups is 1. The van der Waals surface area contributed by atoms with E-state index >= 15 is 0 Å². The van der Waals surface area contributed by atoms with Crippen LogP contribution in [0.2, 0.25) is 0 Å². The molecular weight excluding hydrogens is 324 g/mol. The van der Waals surface area contributed by atoms with Crippen LogP contribution >= 0.6 is 0 Å². The van der Waals surface area contributed by atoms with Crippen molar-refractivity contribution in [1.82, 2.24) is 9.97 Å². The minimum Gasteiger partial charge on any atom is -0.509 e. The maximum Gasteiger partial charge on any atom is 0.152 e. The Bertz CT molecular complexity index is 1010. The highest BCUT2D eigenvalue weighted by Gasteiger charge is 2.20. The summed E-state index contributed by atoms with van der Waals surface area (Å²) < 4.78 is 0. The van der Waals surface area contributed by atoms with E-state index in [-0.39, 0.29) is 11.3 Å². The Hall–Kier alpha value is -3.26. The molecule has 2 heterocycles. The molecule has 1 aliphatic rings. The summed E-state index contributed by atoms with van der Waals surface area (Å²) >= 11 is 0. The zero-order valence-corrected chi connectivity index (χ0v) is 14.7. The van der Waals surface area contributed by atoms with Gasteiger partial charge in [-0.15, -0.1) is 0 Å². The molecule has 0 spiro atoms. The van der Waals surface area contributed by atoms with Gasteiger partial charge in [0, 0.05) is 12.2 Å². The standard InChI is InChI=1S/C21H20N4O/c1-14-8-9-19-15(11-14)5-4-10-25(19)13-20(26)16(12-22)21-23-17-6-2-3-7-18(17)24-21/h2-3,6-9,11,26H,4-5,10,13H2,1H3,(H,23,24)/b20-16-. The Kier molecular flexibility index (Phi) is 4.10. The van der Waals surface area contributed by atoms with Gasteiger partial charge in [-0.1, -0.05) is 29.8 Å². The summed E-state index contributed by atoms with van der Waals surface area (Å²) in [7, 11) is 0. The van der Waals surface area contributed by atoms with Gasteiger partial charge in [-0.3, -0.25) is 0 Å². The number of H-pyrrole nitrogens is 1. The molecule has 1 aliphatic heterocycles. The Morgan fingerprint density at radius 2 is 2.15 bits per heavy atom. The van der Waals surface area contributed by atoms with E-state index in [1.165, 1.54) is 11.1 Å². The Morgan fingerprint density at radius 3 is 2.96 bits per heavy atom. The van der Waals surface area contributed by atoms with Crippen LogP contribution in [0.1, 0.15) is 23.4 Å². The van der Waals surface area contributed by atoms with E-state index in [2.05, 4.69) is 46.1 Å². The van der Waals surface area contributed by atoms with E-state index < -0.39 is 0 Å². The Labute approximate surface area is 152 Å². The Balaban J connectivity index is 1.68. The molecule has 2 N–H and O–H groups in total. The number of para-hydroxylation sites is 2. The van der Waals surface area contributed by atoms with Crippen molar-refractivity contribution in [2.75, 3.05) is 18.0 Å². The summed E-state index contributed by atoms with van der Waals surface area (Å²) in [6, 6.07) is 16.1. The van der Waals surface area contributed by atoms with E-state index in [1.54, 1.807) is 0 Å². The average molecular weight is 344 g/mol. The number of allylic oxidation sites excluding steroid dienone is 1. The zero-order chi connectivity index (χ0) is 18.1. The first-order valence-electron chi connectivity index (χ1n) is 8.77. The largest absolute Gasteiger partial charge is 0.509 e. The molecule has 2 aromatic carbocycles. The van der Waals surface area contributed by atoms with Crippen molar-refractivity contribution in [1.29, 1.82) is 5.26 Å². The zero-order valence-electron chi connectivity index (χ0n) is 14.7. The number of aliphatic hydroxyl groups excluding tert-OH is 1. The highest BCUT2D eigenvalue weighted by molar-refractivity contribution is 5.83. The second kappa shape index (κ2) is 6.57. The normalized spacial score (nSPS) is 14.7. The quantitative estimate of drug-likeness (QED) is 0.553. The molecule has 0 radical (unpaired) electrons. The number of fused-ring (bicyclic) bond motifs is 2. The second-order valence-corrected chi connectivity index (χ2v) is 6.69. The molecule has 0 atom stereocenters. The van der Waals surface area contributed by atoms with Crippen LogP contribution in [-0.2, 0) is 6.42 Å². The number of rotatable bonds is 3. The smallest absolute Gasteiger partial charge is 0.152 e. The maximum atomic E-state index is 10.7. The van der Waals surface area contributed by atoms with E-state index in [0.717, 1.165) is 36.1 Å². The molecule has 0 amide bonds. The third-order valence-electron chi connectivity index (χ3n) is 4.82. The molecule has 1 aromatic heterocycles. The van der Waals surface area contributed by atoms with Gasteiger partial charge >= 0.3 is 0 Å². The predicted molar refractivity (Wildman–Crippen MR) is 103 cm³/mol. The third-order valence-corrected chi connectivity index (χ3v) is 4.82. The Morgan fingerprint density at radius 1 is 1.31 bits per heavy atom. The first kappa shape index (κ1) is 16.2. The van der Waals surface area contributed by atoms with Crippen molar-refractivity contribution in [2.45, 2.75) is 19.8 Å². The maximum absolute atomic E-state index is 10.7. The number of hydrogen-bond acceptors (Lipinski definition) is 4. The number of nitriles is 1. The summed E-state index contributed by atoms with van der Waals surface area (Å²) in [5.41, 5.74) is 5.50. The lowest BCUT2D eigenvalue weighted by Crippen LogP contribution is -2.31. The van der Waals surface area contributed by atoms with Crippen LogP contribution in [0.4, 0.5) is 5.69 Å². The fourth-order valence-electron chi connectivity index (χ4n) is 3.55. The second-order valence-electron chi connectivity index (χ2n) is 6.69. The lowest BCUT2D eigenvalue weighted by atomic mass is 9.99. The van der Waals surface area contributed by atoms with Gasteiger partial charge in [0.05, 0.1) is 17.6 Å². The van der Waals surface area contributed by atoms with Crippen molar-refractivity contribution < 1.29 is 5.11 Å². The molecule has 0 fully saturated rings. The van der Waals surface area contributed by atoms with Crippen molar-refractivity contribution in [3.05, 3.63) is 65.2 Å². The van der Waals surface area contributed by atoms with Crippen LogP contribution in [0.25, 0.3) is 16.6 Å². The number of nitrogens with zero attached hydrogens (tertiary/aromatic N) is 3. The van der Waals surface area contributed by atoms with Crippen LogP contribution in [0.3, 0.4) is 0 Å². The van der Waals surface area contributed by atoms with E-state index in [4.69, 9.17) is 0 Å².